The van der Waals surface area contributed by atoms with Gasteiger partial charge in [0.05, 0.1) is 7.11 Å². The van der Waals surface area contributed by atoms with Crippen LogP contribution >= 0.6 is 11.6 Å². The molecule has 0 fully saturated rings. The van der Waals surface area contributed by atoms with E-state index in [0.717, 1.165) is 18.4 Å². The summed E-state index contributed by atoms with van der Waals surface area (Å²) in [5, 5.41) is 11.2. The maximum Gasteiger partial charge on any atom is 0.342 e. The lowest BCUT2D eigenvalue weighted by Gasteiger charge is -2.21. The second kappa shape index (κ2) is 9.86. The van der Waals surface area contributed by atoms with E-state index in [2.05, 4.69) is 6.92 Å². The molecule has 1 N–H and O–H groups in total. The molecule has 0 aliphatic rings. The molecule has 0 radical (unpaired) electrons. The first-order chi connectivity index (χ1) is 14.8. The number of carbonyl (C=O) groups is 1. The normalized spacial score (nSPS) is 12.7. The van der Waals surface area contributed by atoms with Crippen LogP contribution in [-0.2, 0) is 21.6 Å². The Hall–Kier alpha value is -3.02. The number of ether oxygens (including phenoxy) is 3. The summed E-state index contributed by atoms with van der Waals surface area (Å²) in [4.78, 5) is 11.9. The summed E-state index contributed by atoms with van der Waals surface area (Å²) in [5.41, 5.74) is -0.396. The summed E-state index contributed by atoms with van der Waals surface area (Å²) in [7, 11) is 1.24. The molecule has 3 aromatic rings. The third kappa shape index (κ3) is 5.57. The lowest BCUT2D eigenvalue weighted by atomic mass is 9.96. The van der Waals surface area contributed by atoms with E-state index in [9.17, 15) is 9.90 Å². The number of aryl methyl sites for hydroxylation is 1. The Bertz CT molecular complexity index is 1040. The van der Waals surface area contributed by atoms with Gasteiger partial charge in [-0.3, -0.25) is 0 Å². The van der Waals surface area contributed by atoms with Gasteiger partial charge in [-0.2, -0.15) is 0 Å². The molecule has 0 spiro atoms. The molecule has 0 bridgehead atoms. The fraction of sp³-hybridized carbons (Fsp3) is 0.240. The molecule has 0 aromatic heterocycles. The number of aliphatic hydroxyl groups is 1. The Morgan fingerprint density at radius 3 is 2.32 bits per heavy atom. The zero-order valence-corrected chi connectivity index (χ0v) is 18.5. The van der Waals surface area contributed by atoms with E-state index in [1.54, 1.807) is 36.4 Å². The van der Waals surface area contributed by atoms with Crippen LogP contribution in [-0.4, -0.2) is 18.2 Å². The Morgan fingerprint density at radius 1 is 0.968 bits per heavy atom. The molecule has 3 rings (SSSR count). The van der Waals surface area contributed by atoms with Gasteiger partial charge < -0.3 is 19.3 Å². The van der Waals surface area contributed by atoms with Gasteiger partial charge in [-0.25, -0.2) is 4.79 Å². The smallest absolute Gasteiger partial charge is 0.342 e. The molecule has 31 heavy (non-hydrogen) atoms. The summed E-state index contributed by atoms with van der Waals surface area (Å²) in [6.45, 7) is 3.48. The van der Waals surface area contributed by atoms with Crippen molar-refractivity contribution in [3.05, 3.63) is 82.9 Å². The molecule has 0 aliphatic carbocycles. The largest absolute Gasteiger partial charge is 0.467 e. The number of benzene rings is 3. The quantitative estimate of drug-likeness (QED) is 0.419. The van der Waals surface area contributed by atoms with Crippen LogP contribution in [0.25, 0.3) is 0 Å². The average Bonchev–Trinajstić information content (AvgIpc) is 2.77. The minimum atomic E-state index is -1.77. The summed E-state index contributed by atoms with van der Waals surface area (Å²) >= 11 is 5.93. The number of halogens is 1. The monoisotopic (exact) mass is 440 g/mol. The Balaban J connectivity index is 1.85. The van der Waals surface area contributed by atoms with Gasteiger partial charge in [-0.15, -0.1) is 0 Å². The summed E-state index contributed by atoms with van der Waals surface area (Å²) in [5.74, 6) is 1.84. The van der Waals surface area contributed by atoms with Gasteiger partial charge in [0.1, 0.15) is 23.0 Å². The third-order valence-corrected chi connectivity index (χ3v) is 5.06. The molecule has 3 aromatic carbocycles. The summed E-state index contributed by atoms with van der Waals surface area (Å²) in [6.07, 6.45) is 1.73. The van der Waals surface area contributed by atoms with Crippen molar-refractivity contribution < 1.29 is 24.1 Å². The lowest BCUT2D eigenvalue weighted by molar-refractivity contribution is -0.161. The van der Waals surface area contributed by atoms with E-state index < -0.39 is 11.6 Å². The third-order valence-electron chi connectivity index (χ3n) is 4.81. The first-order valence-corrected chi connectivity index (χ1v) is 10.4. The second-order valence-corrected chi connectivity index (χ2v) is 7.71. The first kappa shape index (κ1) is 22.7. The predicted octanol–water partition coefficient (Wildman–Crippen LogP) is 6.26. The van der Waals surface area contributed by atoms with E-state index in [1.807, 2.05) is 30.3 Å². The summed E-state index contributed by atoms with van der Waals surface area (Å²) < 4.78 is 16.7. The van der Waals surface area contributed by atoms with Crippen LogP contribution < -0.4 is 9.47 Å². The number of methoxy groups -OCH3 is 1. The lowest BCUT2D eigenvalue weighted by Crippen LogP contribution is -2.33. The number of esters is 1. The predicted molar refractivity (Wildman–Crippen MR) is 120 cm³/mol. The minimum absolute atomic E-state index is 0.386. The number of hydrogen-bond donors (Lipinski definition) is 1. The molecule has 6 heteroatoms. The van der Waals surface area contributed by atoms with Crippen molar-refractivity contribution in [3.63, 3.8) is 0 Å². The topological polar surface area (TPSA) is 65.0 Å². The van der Waals surface area contributed by atoms with Gasteiger partial charge in [-0.1, -0.05) is 37.1 Å². The van der Waals surface area contributed by atoms with Crippen molar-refractivity contribution in [1.82, 2.24) is 0 Å². The van der Waals surface area contributed by atoms with Gasteiger partial charge in [-0.05, 0) is 79.1 Å². The van der Waals surface area contributed by atoms with Gasteiger partial charge in [0.2, 0.25) is 0 Å². The number of carbonyl (C=O) groups excluding carboxylic acids is 1. The fourth-order valence-corrected chi connectivity index (χ4v) is 3.25. The van der Waals surface area contributed by atoms with Crippen LogP contribution in [0.2, 0.25) is 5.02 Å². The zero-order chi connectivity index (χ0) is 22.4. The van der Waals surface area contributed by atoms with E-state index in [0.29, 0.717) is 33.6 Å². The van der Waals surface area contributed by atoms with E-state index in [-0.39, 0.29) is 0 Å². The van der Waals surface area contributed by atoms with E-state index >= 15 is 0 Å². The van der Waals surface area contributed by atoms with Gasteiger partial charge >= 0.3 is 5.97 Å². The molecule has 0 aliphatic heterocycles. The van der Waals surface area contributed by atoms with Crippen LogP contribution in [0.1, 0.15) is 31.4 Å². The highest BCUT2D eigenvalue weighted by Crippen LogP contribution is 2.33. The van der Waals surface area contributed by atoms with Crippen molar-refractivity contribution >= 4 is 17.6 Å². The van der Waals surface area contributed by atoms with Crippen molar-refractivity contribution in [2.24, 2.45) is 0 Å². The van der Waals surface area contributed by atoms with Crippen LogP contribution in [0, 0.1) is 0 Å². The highest BCUT2D eigenvalue weighted by atomic mass is 35.5. The average molecular weight is 441 g/mol. The standard InChI is InChI=1S/C25H25ClO5/c1-4-6-17-15-22(30-20-11-9-19(26)10-12-20)13-14-23(17)31-21-8-5-7-18(16-21)25(2,28)24(27)29-3/h5,7-16,28H,4,6H2,1-3H3/t25-/m1/s1. The van der Waals surface area contributed by atoms with E-state index in [1.165, 1.54) is 14.0 Å². The molecule has 0 amide bonds. The van der Waals surface area contributed by atoms with Crippen molar-refractivity contribution in [2.45, 2.75) is 32.3 Å². The SMILES string of the molecule is CCCc1cc(Oc2ccc(Cl)cc2)ccc1Oc1cccc([C@@](C)(O)C(=O)OC)c1. The maximum atomic E-state index is 11.9. The molecular weight excluding hydrogens is 416 g/mol. The van der Waals surface area contributed by atoms with Gasteiger partial charge in [0.25, 0.3) is 0 Å². The van der Waals surface area contributed by atoms with Gasteiger partial charge in [0.15, 0.2) is 5.60 Å². The molecule has 162 valence electrons. The van der Waals surface area contributed by atoms with Crippen molar-refractivity contribution in [2.75, 3.05) is 7.11 Å². The molecule has 0 heterocycles. The highest BCUT2D eigenvalue weighted by molar-refractivity contribution is 6.30. The Morgan fingerprint density at radius 2 is 1.65 bits per heavy atom. The van der Waals surface area contributed by atoms with Crippen LogP contribution in [0.5, 0.6) is 23.0 Å². The molecule has 0 saturated heterocycles. The number of hydrogen-bond acceptors (Lipinski definition) is 5. The Kier molecular flexibility index (Phi) is 7.21. The zero-order valence-electron chi connectivity index (χ0n) is 17.7. The number of rotatable bonds is 8. The second-order valence-electron chi connectivity index (χ2n) is 7.27. The molecule has 1 atom stereocenters. The first-order valence-electron chi connectivity index (χ1n) is 9.99. The fourth-order valence-electron chi connectivity index (χ4n) is 3.13. The Labute approximate surface area is 187 Å². The van der Waals surface area contributed by atoms with E-state index in [4.69, 9.17) is 25.8 Å². The van der Waals surface area contributed by atoms with Crippen LogP contribution in [0.4, 0.5) is 0 Å². The van der Waals surface area contributed by atoms with Gasteiger partial charge in [0, 0.05) is 5.02 Å². The van der Waals surface area contributed by atoms with Crippen molar-refractivity contribution in [1.29, 1.82) is 0 Å². The van der Waals surface area contributed by atoms with Crippen LogP contribution in [0.15, 0.2) is 66.7 Å². The molecule has 5 nitrogen and oxygen atoms in total. The summed E-state index contributed by atoms with van der Waals surface area (Å²) in [6, 6.07) is 19.6. The molecular formula is C25H25ClO5. The minimum Gasteiger partial charge on any atom is -0.467 e. The molecule has 0 unspecified atom stereocenters. The maximum absolute atomic E-state index is 11.9. The highest BCUT2D eigenvalue weighted by Gasteiger charge is 2.33. The molecule has 0 saturated carbocycles. The van der Waals surface area contributed by atoms with Crippen molar-refractivity contribution in [3.8, 4) is 23.0 Å². The van der Waals surface area contributed by atoms with Crippen LogP contribution in [0.3, 0.4) is 0 Å².